The minimum Gasteiger partial charge on any atom is -0.434 e. The van der Waals surface area contributed by atoms with Crippen molar-refractivity contribution in [2.45, 2.75) is 83.9 Å². The Morgan fingerprint density at radius 1 is 1.34 bits per heavy atom. The summed E-state index contributed by atoms with van der Waals surface area (Å²) in [4.78, 5) is 17.0. The summed E-state index contributed by atoms with van der Waals surface area (Å²) in [5.74, 6) is -0.686. The van der Waals surface area contributed by atoms with Crippen LogP contribution in [0.4, 0.5) is 27.8 Å². The number of alkyl halides is 5. The van der Waals surface area contributed by atoms with Crippen molar-refractivity contribution in [2.24, 2.45) is 5.92 Å². The Morgan fingerprint density at radius 3 is 2.58 bits per heavy atom. The second-order valence-corrected chi connectivity index (χ2v) is 10.1. The molecular formula is C24H31ClF5N5O3. The Labute approximate surface area is 221 Å². The van der Waals surface area contributed by atoms with Gasteiger partial charge in [0.15, 0.2) is 5.69 Å². The number of hydrogen-bond donors (Lipinski definition) is 3. The van der Waals surface area contributed by atoms with Crippen molar-refractivity contribution in [3.05, 3.63) is 23.0 Å². The van der Waals surface area contributed by atoms with E-state index in [0.29, 0.717) is 18.8 Å². The fraction of sp³-hybridized carbons (Fsp3) is 0.625. The molecule has 8 nitrogen and oxygen atoms in total. The lowest BCUT2D eigenvalue weighted by Crippen LogP contribution is -2.45. The molecular weight excluding hydrogens is 537 g/mol. The van der Waals surface area contributed by atoms with Crippen LogP contribution in [0.5, 0.6) is 5.75 Å². The lowest BCUT2D eigenvalue weighted by molar-refractivity contribution is -0.136. The molecule has 212 valence electrons. The van der Waals surface area contributed by atoms with Gasteiger partial charge in [-0.2, -0.15) is 27.1 Å². The number of carbonyl (C=O) groups is 1. The molecule has 38 heavy (non-hydrogen) atoms. The summed E-state index contributed by atoms with van der Waals surface area (Å²) < 4.78 is 70.4. The van der Waals surface area contributed by atoms with E-state index in [4.69, 9.17) is 11.6 Å². The molecule has 1 amide bonds. The van der Waals surface area contributed by atoms with E-state index < -0.39 is 42.5 Å². The molecule has 1 aliphatic rings. The normalized spacial score (nSPS) is 20.9. The highest BCUT2D eigenvalue weighted by Gasteiger charge is 2.34. The number of halogens is 6. The number of carbonyl (C=O) groups excluding carboxylic acids is 1. The molecule has 2 aromatic rings. The zero-order chi connectivity index (χ0) is 28.3. The van der Waals surface area contributed by atoms with Crippen LogP contribution in [-0.4, -0.2) is 56.8 Å². The second-order valence-electron chi connectivity index (χ2n) is 9.73. The summed E-state index contributed by atoms with van der Waals surface area (Å²) in [6.45, 7) is 2.01. The number of amides is 1. The average molecular weight is 568 g/mol. The first-order chi connectivity index (χ1) is 17.7. The maximum Gasteiger partial charge on any atom is 0.391 e. The number of rotatable bonds is 10. The molecule has 2 heterocycles. The Hall–Kier alpha value is -2.67. The van der Waals surface area contributed by atoms with Crippen LogP contribution in [0.15, 0.2) is 12.3 Å². The molecule has 14 heteroatoms. The van der Waals surface area contributed by atoms with Crippen LogP contribution >= 0.6 is 11.6 Å². The summed E-state index contributed by atoms with van der Waals surface area (Å²) in [5, 5.41) is 20.0. The largest absolute Gasteiger partial charge is 0.434 e. The zero-order valence-electron chi connectivity index (χ0n) is 21.2. The zero-order valence-corrected chi connectivity index (χ0v) is 22.0. The quantitative estimate of drug-likeness (QED) is 0.321. The fourth-order valence-electron chi connectivity index (χ4n) is 4.41. The SMILES string of the molecule is CCn1nc(C(=O)NCC2(O)CCC(C)CC2)c(Cl)c1-c1cnc(N[C@H](C)CC(F)(F)F)cc1OC(F)F. The van der Waals surface area contributed by atoms with Crippen LogP contribution in [0.1, 0.15) is 63.4 Å². The number of aliphatic hydroxyl groups is 1. The van der Waals surface area contributed by atoms with Gasteiger partial charge >= 0.3 is 12.8 Å². The monoisotopic (exact) mass is 567 g/mol. The molecule has 1 fully saturated rings. The minimum atomic E-state index is -4.43. The van der Waals surface area contributed by atoms with Crippen molar-refractivity contribution < 1.29 is 36.6 Å². The number of aryl methyl sites for hydroxylation is 1. The lowest BCUT2D eigenvalue weighted by Gasteiger charge is -2.34. The number of anilines is 1. The molecule has 3 N–H and O–H groups in total. The molecule has 0 bridgehead atoms. The number of aromatic nitrogens is 3. The highest BCUT2D eigenvalue weighted by molar-refractivity contribution is 6.36. The van der Waals surface area contributed by atoms with Gasteiger partial charge in [0.2, 0.25) is 0 Å². The van der Waals surface area contributed by atoms with Gasteiger partial charge in [-0.1, -0.05) is 18.5 Å². The maximum atomic E-state index is 13.2. The van der Waals surface area contributed by atoms with Gasteiger partial charge in [0.05, 0.1) is 28.3 Å². The van der Waals surface area contributed by atoms with Gasteiger partial charge < -0.3 is 20.5 Å². The Morgan fingerprint density at radius 2 is 2.00 bits per heavy atom. The Balaban J connectivity index is 1.88. The molecule has 0 spiro atoms. The number of hydrogen-bond acceptors (Lipinski definition) is 6. The lowest BCUT2D eigenvalue weighted by atomic mass is 9.79. The number of nitrogens with one attached hydrogen (secondary N) is 2. The van der Waals surface area contributed by atoms with Gasteiger partial charge in [0, 0.05) is 31.4 Å². The molecule has 0 aromatic carbocycles. The van der Waals surface area contributed by atoms with E-state index in [1.165, 1.54) is 11.6 Å². The molecule has 1 atom stereocenters. The van der Waals surface area contributed by atoms with E-state index in [1.807, 2.05) is 0 Å². The first-order valence-electron chi connectivity index (χ1n) is 12.3. The number of ether oxygens (including phenoxy) is 1. The molecule has 0 saturated heterocycles. The van der Waals surface area contributed by atoms with E-state index in [1.54, 1.807) is 6.92 Å². The van der Waals surface area contributed by atoms with Gasteiger partial charge in [-0.05, 0) is 45.4 Å². The summed E-state index contributed by atoms with van der Waals surface area (Å²) >= 11 is 6.50. The molecule has 3 rings (SSSR count). The fourth-order valence-corrected chi connectivity index (χ4v) is 4.74. The van der Waals surface area contributed by atoms with Gasteiger partial charge in [-0.25, -0.2) is 4.98 Å². The predicted octanol–water partition coefficient (Wildman–Crippen LogP) is 5.64. The molecule has 1 saturated carbocycles. The minimum absolute atomic E-state index is 0.000968. The van der Waals surface area contributed by atoms with E-state index in [-0.39, 0.29) is 40.9 Å². The highest BCUT2D eigenvalue weighted by atomic mass is 35.5. The van der Waals surface area contributed by atoms with Crippen LogP contribution in [0.3, 0.4) is 0 Å². The first kappa shape index (κ1) is 29.9. The smallest absolute Gasteiger partial charge is 0.391 e. The topological polar surface area (TPSA) is 101 Å². The van der Waals surface area contributed by atoms with Gasteiger partial charge in [0.25, 0.3) is 5.91 Å². The molecule has 0 radical (unpaired) electrons. The van der Waals surface area contributed by atoms with Crippen molar-refractivity contribution >= 4 is 23.3 Å². The Bertz CT molecular complexity index is 1120. The van der Waals surface area contributed by atoms with Crippen molar-refractivity contribution in [1.82, 2.24) is 20.1 Å². The maximum absolute atomic E-state index is 13.2. The predicted molar refractivity (Wildman–Crippen MR) is 131 cm³/mol. The number of nitrogens with zero attached hydrogens (tertiary/aromatic N) is 3. The van der Waals surface area contributed by atoms with Crippen molar-refractivity contribution in [2.75, 3.05) is 11.9 Å². The second kappa shape index (κ2) is 12.0. The Kier molecular flexibility index (Phi) is 9.45. The van der Waals surface area contributed by atoms with Gasteiger partial charge in [-0.15, -0.1) is 0 Å². The summed E-state index contributed by atoms with van der Waals surface area (Å²) in [5.41, 5.74) is -1.18. The summed E-state index contributed by atoms with van der Waals surface area (Å²) in [6.07, 6.45) is -1.73. The molecule has 2 aromatic heterocycles. The van der Waals surface area contributed by atoms with Crippen LogP contribution in [0, 0.1) is 5.92 Å². The van der Waals surface area contributed by atoms with E-state index in [0.717, 1.165) is 25.1 Å². The van der Waals surface area contributed by atoms with Gasteiger partial charge in [-0.3, -0.25) is 9.48 Å². The van der Waals surface area contributed by atoms with Crippen molar-refractivity contribution in [3.8, 4) is 17.0 Å². The van der Waals surface area contributed by atoms with Crippen LogP contribution in [-0.2, 0) is 6.54 Å². The van der Waals surface area contributed by atoms with E-state index in [2.05, 4.69) is 32.4 Å². The van der Waals surface area contributed by atoms with Crippen LogP contribution < -0.4 is 15.4 Å². The standard InChI is InChI=1S/C24H31ClF5N5O3/c1-4-35-20(18(25)19(34-35)21(36)32-12-23(37)7-5-13(2)6-8-23)15-11-31-17(9-16(15)38-22(26)27)33-14(3)10-24(28,29)30/h9,11,13-14,22,37H,4-8,10,12H2,1-3H3,(H,31,33)(H,32,36)/t13?,14-,23?/m1/s1. The third-order valence-electron chi connectivity index (χ3n) is 6.46. The van der Waals surface area contributed by atoms with Crippen LogP contribution in [0.2, 0.25) is 5.02 Å². The van der Waals surface area contributed by atoms with E-state index in [9.17, 15) is 31.9 Å². The van der Waals surface area contributed by atoms with Crippen LogP contribution in [0.25, 0.3) is 11.3 Å². The third kappa shape index (κ3) is 7.68. The highest BCUT2D eigenvalue weighted by Crippen LogP contribution is 2.39. The number of pyridine rings is 1. The molecule has 0 unspecified atom stereocenters. The summed E-state index contributed by atoms with van der Waals surface area (Å²) in [7, 11) is 0. The third-order valence-corrected chi connectivity index (χ3v) is 6.82. The first-order valence-corrected chi connectivity index (χ1v) is 12.6. The molecule has 1 aliphatic carbocycles. The van der Waals surface area contributed by atoms with E-state index >= 15 is 0 Å². The summed E-state index contributed by atoms with van der Waals surface area (Å²) in [6, 6.07) is -0.0492. The van der Waals surface area contributed by atoms with Crippen molar-refractivity contribution in [1.29, 1.82) is 0 Å². The average Bonchev–Trinajstić information content (AvgIpc) is 3.14. The molecule has 0 aliphatic heterocycles. The van der Waals surface area contributed by atoms with Gasteiger partial charge in [0.1, 0.15) is 11.6 Å². The van der Waals surface area contributed by atoms with Crippen molar-refractivity contribution in [3.63, 3.8) is 0 Å².